The fourth-order valence-electron chi connectivity index (χ4n) is 1.96. The number of aliphatic hydroxyl groups excluding tert-OH is 1. The van der Waals surface area contributed by atoms with Crippen molar-refractivity contribution in [1.29, 1.82) is 0 Å². The molecule has 2 aromatic rings. The van der Waals surface area contributed by atoms with Gasteiger partial charge in [0.25, 0.3) is 0 Å². The molecule has 2 rings (SSSR count). The number of aliphatic hydroxyl groups is 1. The van der Waals surface area contributed by atoms with E-state index in [4.69, 9.17) is 32.3 Å². The summed E-state index contributed by atoms with van der Waals surface area (Å²) in [7, 11) is 0. The van der Waals surface area contributed by atoms with Gasteiger partial charge < -0.3 is 26.0 Å². The maximum Gasteiger partial charge on any atom is 0.348 e. The van der Waals surface area contributed by atoms with E-state index in [2.05, 4.69) is 10.3 Å². The standard InChI is InChI=1S/C13H16ClN3O4S/c1-6-7-9(15)10(13(19)20)22-12(7)17-11(8(6)14)21-5-3-16-2-4-18/h16,18H,2-5,15H2,1H3,(H,19,20). The minimum absolute atomic E-state index is 0.0448. The molecule has 0 fully saturated rings. The van der Waals surface area contributed by atoms with Gasteiger partial charge in [-0.05, 0) is 12.5 Å². The first-order chi connectivity index (χ1) is 10.5. The zero-order valence-corrected chi connectivity index (χ0v) is 13.4. The summed E-state index contributed by atoms with van der Waals surface area (Å²) < 4.78 is 5.51. The van der Waals surface area contributed by atoms with Crippen molar-refractivity contribution in [3.63, 3.8) is 0 Å². The number of hydrogen-bond acceptors (Lipinski definition) is 7. The summed E-state index contributed by atoms with van der Waals surface area (Å²) in [6, 6.07) is 0. The van der Waals surface area contributed by atoms with Crippen molar-refractivity contribution in [1.82, 2.24) is 10.3 Å². The SMILES string of the molecule is Cc1c(Cl)c(OCCNCCO)nc2sc(C(=O)O)c(N)c12. The number of anilines is 1. The molecule has 7 nitrogen and oxygen atoms in total. The minimum atomic E-state index is -1.09. The first-order valence-corrected chi connectivity index (χ1v) is 7.72. The Bertz CT molecular complexity index is 704. The quantitative estimate of drug-likeness (QED) is 0.561. The molecule has 0 aliphatic carbocycles. The van der Waals surface area contributed by atoms with Gasteiger partial charge in [0, 0.05) is 18.5 Å². The number of rotatable bonds is 7. The van der Waals surface area contributed by atoms with Gasteiger partial charge in [-0.25, -0.2) is 9.78 Å². The number of nitrogens with one attached hydrogen (secondary N) is 1. The van der Waals surface area contributed by atoms with Gasteiger partial charge in [0.15, 0.2) is 0 Å². The maximum absolute atomic E-state index is 11.2. The predicted octanol–water partition coefficient (Wildman–Crippen LogP) is 1.50. The number of halogens is 1. The van der Waals surface area contributed by atoms with Crippen molar-refractivity contribution < 1.29 is 19.7 Å². The molecule has 2 aromatic heterocycles. The Labute approximate surface area is 135 Å². The number of nitrogen functional groups attached to an aromatic ring is 1. The zero-order chi connectivity index (χ0) is 16.3. The van der Waals surface area contributed by atoms with Crippen LogP contribution in [0.1, 0.15) is 15.2 Å². The Kier molecular flexibility index (Phi) is 5.41. The number of thiophene rings is 1. The van der Waals surface area contributed by atoms with Crippen LogP contribution in [0.25, 0.3) is 10.2 Å². The Morgan fingerprint density at radius 1 is 1.50 bits per heavy atom. The number of fused-ring (bicyclic) bond motifs is 1. The number of aromatic nitrogens is 1. The number of ether oxygens (including phenoxy) is 1. The fourth-order valence-corrected chi connectivity index (χ4v) is 3.14. The van der Waals surface area contributed by atoms with Gasteiger partial charge in [0.05, 0.1) is 12.3 Å². The van der Waals surface area contributed by atoms with Gasteiger partial charge in [-0.15, -0.1) is 11.3 Å². The summed E-state index contributed by atoms with van der Waals surface area (Å²) in [5.74, 6) is -0.845. The van der Waals surface area contributed by atoms with Gasteiger partial charge >= 0.3 is 5.97 Å². The molecule has 0 spiro atoms. The molecular formula is C13H16ClN3O4S. The summed E-state index contributed by atoms with van der Waals surface area (Å²) >= 11 is 7.22. The van der Waals surface area contributed by atoms with Crippen LogP contribution in [0, 0.1) is 6.92 Å². The molecular weight excluding hydrogens is 330 g/mol. The maximum atomic E-state index is 11.2. The largest absolute Gasteiger partial charge is 0.477 e. The molecule has 9 heteroatoms. The van der Waals surface area contributed by atoms with E-state index < -0.39 is 5.97 Å². The van der Waals surface area contributed by atoms with E-state index in [0.29, 0.717) is 40.5 Å². The Hall–Kier alpha value is -1.61. The van der Waals surface area contributed by atoms with Crippen LogP contribution in [0.2, 0.25) is 5.02 Å². The topological polar surface area (TPSA) is 118 Å². The predicted molar refractivity (Wildman–Crippen MR) is 86.2 cm³/mol. The number of carboxylic acids is 1. The molecule has 0 aliphatic rings. The second-order valence-corrected chi connectivity index (χ2v) is 5.89. The highest BCUT2D eigenvalue weighted by atomic mass is 35.5. The van der Waals surface area contributed by atoms with E-state index >= 15 is 0 Å². The number of aryl methyl sites for hydroxylation is 1. The summed E-state index contributed by atoms with van der Waals surface area (Å²) in [4.78, 5) is 15.9. The van der Waals surface area contributed by atoms with Crippen LogP contribution < -0.4 is 15.8 Å². The normalized spacial score (nSPS) is 11.0. The highest BCUT2D eigenvalue weighted by Gasteiger charge is 2.21. The number of hydrogen-bond donors (Lipinski definition) is 4. The van der Waals surface area contributed by atoms with Crippen molar-refractivity contribution in [2.45, 2.75) is 6.92 Å². The second-order valence-electron chi connectivity index (χ2n) is 4.51. The Morgan fingerprint density at radius 2 is 2.23 bits per heavy atom. The number of carboxylic acid groups (broad SMARTS) is 1. The van der Waals surface area contributed by atoms with Crippen LogP contribution in [-0.4, -0.2) is 47.5 Å². The summed E-state index contributed by atoms with van der Waals surface area (Å²) in [6.07, 6.45) is 0. The third-order valence-electron chi connectivity index (χ3n) is 3.02. The van der Waals surface area contributed by atoms with E-state index in [-0.39, 0.29) is 23.1 Å². The van der Waals surface area contributed by atoms with Crippen LogP contribution in [0.4, 0.5) is 5.69 Å². The second kappa shape index (κ2) is 7.10. The lowest BCUT2D eigenvalue weighted by atomic mass is 10.1. The van der Waals surface area contributed by atoms with Crippen molar-refractivity contribution in [3.05, 3.63) is 15.5 Å². The number of nitrogens with zero attached hydrogens (tertiary/aromatic N) is 1. The molecule has 0 atom stereocenters. The zero-order valence-electron chi connectivity index (χ0n) is 11.9. The van der Waals surface area contributed by atoms with Crippen LogP contribution in [0.3, 0.4) is 0 Å². The van der Waals surface area contributed by atoms with E-state index in [0.717, 1.165) is 11.3 Å². The first kappa shape index (κ1) is 16.8. The smallest absolute Gasteiger partial charge is 0.348 e. The van der Waals surface area contributed by atoms with E-state index in [1.807, 2.05) is 0 Å². The lowest BCUT2D eigenvalue weighted by Crippen LogP contribution is -2.24. The van der Waals surface area contributed by atoms with Gasteiger partial charge in [-0.3, -0.25) is 0 Å². The molecule has 2 heterocycles. The monoisotopic (exact) mass is 345 g/mol. The number of nitrogens with two attached hydrogens (primary N) is 1. The van der Waals surface area contributed by atoms with Crippen LogP contribution >= 0.6 is 22.9 Å². The van der Waals surface area contributed by atoms with E-state index in [1.165, 1.54) is 0 Å². The first-order valence-electron chi connectivity index (χ1n) is 6.53. The highest BCUT2D eigenvalue weighted by molar-refractivity contribution is 7.21. The molecule has 0 bridgehead atoms. The average molecular weight is 346 g/mol. The van der Waals surface area contributed by atoms with Crippen LogP contribution in [0.15, 0.2) is 0 Å². The molecule has 22 heavy (non-hydrogen) atoms. The van der Waals surface area contributed by atoms with Crippen molar-refractivity contribution >= 4 is 44.8 Å². The Morgan fingerprint density at radius 3 is 2.86 bits per heavy atom. The third-order valence-corrected chi connectivity index (χ3v) is 4.55. The summed E-state index contributed by atoms with van der Waals surface area (Å²) in [5, 5.41) is 21.6. The molecule has 5 N–H and O–H groups in total. The summed E-state index contributed by atoms with van der Waals surface area (Å²) in [6.45, 7) is 3.13. The molecule has 0 aliphatic heterocycles. The van der Waals surface area contributed by atoms with E-state index in [1.54, 1.807) is 6.92 Å². The van der Waals surface area contributed by atoms with Gasteiger partial charge in [0.2, 0.25) is 5.88 Å². The molecule has 0 radical (unpaired) electrons. The highest BCUT2D eigenvalue weighted by Crippen LogP contribution is 2.40. The lowest BCUT2D eigenvalue weighted by molar-refractivity contribution is 0.0703. The van der Waals surface area contributed by atoms with Gasteiger partial charge in [0.1, 0.15) is 21.3 Å². The van der Waals surface area contributed by atoms with Crippen molar-refractivity contribution in [3.8, 4) is 5.88 Å². The molecule has 0 saturated heterocycles. The van der Waals surface area contributed by atoms with E-state index in [9.17, 15) is 4.79 Å². The number of pyridine rings is 1. The minimum Gasteiger partial charge on any atom is -0.477 e. The van der Waals surface area contributed by atoms with Gasteiger partial charge in [-0.2, -0.15) is 0 Å². The fraction of sp³-hybridized carbons (Fsp3) is 0.385. The molecule has 0 amide bonds. The molecule has 0 unspecified atom stereocenters. The number of aromatic carboxylic acids is 1. The molecule has 0 aromatic carbocycles. The van der Waals surface area contributed by atoms with Crippen molar-refractivity contribution in [2.24, 2.45) is 0 Å². The molecule has 120 valence electrons. The average Bonchev–Trinajstić information content (AvgIpc) is 2.81. The molecule has 0 saturated carbocycles. The van der Waals surface area contributed by atoms with Crippen LogP contribution in [0.5, 0.6) is 5.88 Å². The van der Waals surface area contributed by atoms with Gasteiger partial charge in [-0.1, -0.05) is 11.6 Å². The van der Waals surface area contributed by atoms with Crippen LogP contribution in [-0.2, 0) is 0 Å². The third kappa shape index (κ3) is 3.25. The lowest BCUT2D eigenvalue weighted by Gasteiger charge is -2.10. The van der Waals surface area contributed by atoms with Crippen molar-refractivity contribution in [2.75, 3.05) is 32.0 Å². The number of carbonyl (C=O) groups is 1. The summed E-state index contributed by atoms with van der Waals surface area (Å²) in [5.41, 5.74) is 6.69. The Balaban J connectivity index is 2.29.